The number of rotatable bonds is 4. The summed E-state index contributed by atoms with van der Waals surface area (Å²) in [6.07, 6.45) is 8.09. The van der Waals surface area contributed by atoms with Gasteiger partial charge >= 0.3 is 0 Å². The minimum Gasteiger partial charge on any atom is -0.212 e. The Morgan fingerprint density at radius 1 is 1.00 bits per heavy atom. The summed E-state index contributed by atoms with van der Waals surface area (Å²) in [7, 11) is -3.01. The van der Waals surface area contributed by atoms with Crippen LogP contribution in [0.3, 0.4) is 0 Å². The largest absolute Gasteiger partial charge is 0.214 e. The number of hydrogen-bond acceptors (Lipinski definition) is 2. The highest BCUT2D eigenvalue weighted by Gasteiger charge is 2.30. The SMILES string of the molecule is O=S(=O)(CC1CCCCC1)N1CCCC(CBr)C1. The highest BCUT2D eigenvalue weighted by Crippen LogP contribution is 2.27. The highest BCUT2D eigenvalue weighted by atomic mass is 79.9. The molecule has 1 aliphatic carbocycles. The Kier molecular flexibility index (Phi) is 5.51. The minimum absolute atomic E-state index is 0.391. The molecule has 0 aromatic heterocycles. The Labute approximate surface area is 119 Å². The maximum Gasteiger partial charge on any atom is 0.214 e. The van der Waals surface area contributed by atoms with E-state index in [-0.39, 0.29) is 0 Å². The van der Waals surface area contributed by atoms with Crippen LogP contribution < -0.4 is 0 Å². The van der Waals surface area contributed by atoms with Gasteiger partial charge in [-0.2, -0.15) is 0 Å². The van der Waals surface area contributed by atoms with E-state index in [1.807, 2.05) is 0 Å². The van der Waals surface area contributed by atoms with Gasteiger partial charge < -0.3 is 0 Å². The van der Waals surface area contributed by atoms with Crippen LogP contribution in [0.2, 0.25) is 0 Å². The Balaban J connectivity index is 1.92. The Hall–Kier alpha value is 0.390. The molecule has 2 aliphatic rings. The fraction of sp³-hybridized carbons (Fsp3) is 1.00. The number of sulfonamides is 1. The molecule has 5 heteroatoms. The van der Waals surface area contributed by atoms with Crippen LogP contribution in [-0.4, -0.2) is 36.9 Å². The van der Waals surface area contributed by atoms with E-state index in [4.69, 9.17) is 0 Å². The van der Waals surface area contributed by atoms with Gasteiger partial charge in [0.15, 0.2) is 0 Å². The maximum absolute atomic E-state index is 12.4. The second-order valence-electron chi connectivity index (χ2n) is 5.80. The van der Waals surface area contributed by atoms with E-state index in [0.717, 1.165) is 44.1 Å². The molecule has 3 nitrogen and oxygen atoms in total. The van der Waals surface area contributed by atoms with E-state index in [0.29, 0.717) is 17.6 Å². The smallest absolute Gasteiger partial charge is 0.212 e. The Morgan fingerprint density at radius 3 is 2.33 bits per heavy atom. The summed E-state index contributed by atoms with van der Waals surface area (Å²) >= 11 is 3.48. The van der Waals surface area contributed by atoms with Gasteiger partial charge in [0.25, 0.3) is 0 Å². The van der Waals surface area contributed by atoms with Crippen molar-refractivity contribution in [2.45, 2.75) is 44.9 Å². The zero-order valence-corrected chi connectivity index (χ0v) is 13.4. The van der Waals surface area contributed by atoms with Gasteiger partial charge in [-0.15, -0.1) is 0 Å². The first-order valence-electron chi connectivity index (χ1n) is 7.15. The molecule has 2 fully saturated rings. The molecule has 1 atom stereocenters. The normalized spacial score (nSPS) is 28.4. The van der Waals surface area contributed by atoms with Gasteiger partial charge in [-0.25, -0.2) is 12.7 Å². The molecular formula is C13H24BrNO2S. The summed E-state index contributed by atoms with van der Waals surface area (Å²) in [5.41, 5.74) is 0. The van der Waals surface area contributed by atoms with Crippen LogP contribution in [0.1, 0.15) is 44.9 Å². The van der Waals surface area contributed by atoms with Crippen molar-refractivity contribution >= 4 is 26.0 Å². The number of halogens is 1. The molecule has 0 radical (unpaired) electrons. The first-order chi connectivity index (χ1) is 8.62. The van der Waals surface area contributed by atoms with Crippen LogP contribution in [-0.2, 0) is 10.0 Å². The van der Waals surface area contributed by atoms with Gasteiger partial charge in [-0.05, 0) is 37.5 Å². The van der Waals surface area contributed by atoms with E-state index >= 15 is 0 Å². The number of nitrogens with zero attached hydrogens (tertiary/aromatic N) is 1. The molecule has 1 saturated heterocycles. The summed E-state index contributed by atoms with van der Waals surface area (Å²) in [5.74, 6) is 1.30. The number of hydrogen-bond donors (Lipinski definition) is 0. The fourth-order valence-electron chi connectivity index (χ4n) is 3.16. The van der Waals surface area contributed by atoms with Gasteiger partial charge in [0.2, 0.25) is 10.0 Å². The van der Waals surface area contributed by atoms with Crippen molar-refractivity contribution in [2.24, 2.45) is 11.8 Å². The van der Waals surface area contributed by atoms with Crippen LogP contribution in [0.4, 0.5) is 0 Å². The summed E-state index contributed by atoms with van der Waals surface area (Å²) in [6, 6.07) is 0. The highest BCUT2D eigenvalue weighted by molar-refractivity contribution is 9.09. The molecule has 0 amide bonds. The van der Waals surface area contributed by atoms with E-state index < -0.39 is 10.0 Å². The van der Waals surface area contributed by atoms with Gasteiger partial charge in [0, 0.05) is 18.4 Å². The molecule has 0 bridgehead atoms. The third-order valence-corrected chi connectivity index (χ3v) is 7.19. The average molecular weight is 338 g/mol. The van der Waals surface area contributed by atoms with Crippen molar-refractivity contribution in [2.75, 3.05) is 24.2 Å². The van der Waals surface area contributed by atoms with Crippen molar-refractivity contribution in [1.29, 1.82) is 0 Å². The zero-order chi connectivity index (χ0) is 13.0. The molecule has 0 N–H and O–H groups in total. The van der Waals surface area contributed by atoms with Gasteiger partial charge in [0.1, 0.15) is 0 Å². The summed E-state index contributed by atoms with van der Waals surface area (Å²) in [5, 5.41) is 0.919. The second kappa shape index (κ2) is 6.71. The topological polar surface area (TPSA) is 37.4 Å². The average Bonchev–Trinajstić information content (AvgIpc) is 2.39. The third-order valence-electron chi connectivity index (χ3n) is 4.26. The third kappa shape index (κ3) is 3.94. The molecule has 0 aromatic carbocycles. The lowest BCUT2D eigenvalue weighted by Crippen LogP contribution is -2.42. The molecule has 1 saturated carbocycles. The van der Waals surface area contributed by atoms with Crippen LogP contribution in [0.25, 0.3) is 0 Å². The molecule has 18 heavy (non-hydrogen) atoms. The van der Waals surface area contributed by atoms with Crippen molar-refractivity contribution < 1.29 is 8.42 Å². The van der Waals surface area contributed by atoms with Crippen molar-refractivity contribution in [1.82, 2.24) is 4.31 Å². The predicted octanol–water partition coefficient (Wildman–Crippen LogP) is 3.00. The number of piperidine rings is 1. The molecule has 0 aromatic rings. The number of alkyl halides is 1. The minimum atomic E-state index is -3.01. The first kappa shape index (κ1) is 14.8. The lowest BCUT2D eigenvalue weighted by atomic mass is 9.91. The van der Waals surface area contributed by atoms with E-state index in [2.05, 4.69) is 15.9 Å². The quantitative estimate of drug-likeness (QED) is 0.739. The molecular weight excluding hydrogens is 314 g/mol. The van der Waals surface area contributed by atoms with Crippen molar-refractivity contribution in [3.63, 3.8) is 0 Å². The van der Waals surface area contributed by atoms with Crippen LogP contribution in [0.15, 0.2) is 0 Å². The fourth-order valence-corrected chi connectivity index (χ4v) is 5.68. The Bertz CT molecular complexity index is 352. The summed E-state index contributed by atoms with van der Waals surface area (Å²) in [6.45, 7) is 1.46. The molecule has 1 unspecified atom stereocenters. The van der Waals surface area contributed by atoms with E-state index in [9.17, 15) is 8.42 Å². The maximum atomic E-state index is 12.4. The van der Waals surface area contributed by atoms with Crippen LogP contribution in [0.5, 0.6) is 0 Å². The predicted molar refractivity (Wildman–Crippen MR) is 78.5 cm³/mol. The van der Waals surface area contributed by atoms with Gasteiger partial charge in [0.05, 0.1) is 5.75 Å². The first-order valence-corrected chi connectivity index (χ1v) is 9.88. The Morgan fingerprint density at radius 2 is 1.67 bits per heavy atom. The van der Waals surface area contributed by atoms with E-state index in [1.54, 1.807) is 4.31 Å². The standard InChI is InChI=1S/C13H24BrNO2S/c14-9-13-7-4-8-15(10-13)18(16,17)11-12-5-2-1-3-6-12/h12-13H,1-11H2. The van der Waals surface area contributed by atoms with E-state index in [1.165, 1.54) is 19.3 Å². The van der Waals surface area contributed by atoms with Crippen molar-refractivity contribution in [3.8, 4) is 0 Å². The van der Waals surface area contributed by atoms with Crippen molar-refractivity contribution in [3.05, 3.63) is 0 Å². The monoisotopic (exact) mass is 337 g/mol. The molecule has 2 rings (SSSR count). The van der Waals surface area contributed by atoms with Gasteiger partial charge in [-0.1, -0.05) is 35.2 Å². The molecule has 1 heterocycles. The lowest BCUT2D eigenvalue weighted by molar-refractivity contribution is 0.281. The lowest BCUT2D eigenvalue weighted by Gasteiger charge is -2.32. The van der Waals surface area contributed by atoms with Gasteiger partial charge in [-0.3, -0.25) is 0 Å². The molecule has 1 aliphatic heterocycles. The summed E-state index contributed by atoms with van der Waals surface area (Å²) < 4.78 is 26.6. The molecule has 0 spiro atoms. The molecule has 106 valence electrons. The zero-order valence-electron chi connectivity index (χ0n) is 11.0. The van der Waals surface area contributed by atoms with Crippen LogP contribution in [0, 0.1) is 11.8 Å². The summed E-state index contributed by atoms with van der Waals surface area (Å²) in [4.78, 5) is 0. The second-order valence-corrected chi connectivity index (χ2v) is 8.46. The van der Waals surface area contributed by atoms with Crippen LogP contribution >= 0.6 is 15.9 Å².